The van der Waals surface area contributed by atoms with Gasteiger partial charge in [0.15, 0.2) is 11.6 Å². The summed E-state index contributed by atoms with van der Waals surface area (Å²) in [6.07, 6.45) is 1.14. The Morgan fingerprint density at radius 2 is 2.22 bits per heavy atom. The Morgan fingerprint density at radius 3 is 2.83 bits per heavy atom. The number of benzene rings is 1. The summed E-state index contributed by atoms with van der Waals surface area (Å²) in [4.78, 5) is 0. The molecule has 1 aromatic carbocycles. The van der Waals surface area contributed by atoms with Crippen molar-refractivity contribution in [3.63, 3.8) is 0 Å². The third kappa shape index (κ3) is 3.12. The number of aromatic nitrogens is 2. The Morgan fingerprint density at radius 1 is 1.39 bits per heavy atom. The lowest BCUT2D eigenvalue weighted by atomic mass is 10.2. The van der Waals surface area contributed by atoms with Crippen molar-refractivity contribution in [3.8, 4) is 5.75 Å². The van der Waals surface area contributed by atoms with Gasteiger partial charge in [-0.3, -0.25) is 0 Å². The average molecular weight is 259 g/mol. The summed E-state index contributed by atoms with van der Waals surface area (Å²) in [6, 6.07) is 3.85. The number of ether oxygens (including phenoxy) is 1. The van der Waals surface area contributed by atoms with Gasteiger partial charge >= 0.3 is 12.6 Å². The maximum absolute atomic E-state index is 13.3. The first kappa shape index (κ1) is 12.2. The number of hydrogen-bond donors (Lipinski definition) is 1. The van der Waals surface area contributed by atoms with Gasteiger partial charge in [0.25, 0.3) is 0 Å². The molecule has 2 aromatic rings. The lowest BCUT2D eigenvalue weighted by Crippen LogP contribution is -2.05. The van der Waals surface area contributed by atoms with Crippen LogP contribution in [0.3, 0.4) is 0 Å². The highest BCUT2D eigenvalue weighted by atomic mass is 19.3. The molecule has 2 rings (SSSR count). The van der Waals surface area contributed by atoms with Gasteiger partial charge in [-0.25, -0.2) is 4.39 Å². The van der Waals surface area contributed by atoms with Gasteiger partial charge in [-0.2, -0.15) is 8.78 Å². The predicted molar refractivity (Wildman–Crippen MR) is 54.7 cm³/mol. The summed E-state index contributed by atoms with van der Waals surface area (Å²) >= 11 is 0. The summed E-state index contributed by atoms with van der Waals surface area (Å²) in [6.45, 7) is -2.84. The normalized spacial score (nSPS) is 10.7. The molecule has 0 fully saturated rings. The van der Waals surface area contributed by atoms with E-state index in [-0.39, 0.29) is 12.6 Å². The second-order valence-electron chi connectivity index (χ2n) is 3.24. The fourth-order valence-electron chi connectivity index (χ4n) is 1.27. The van der Waals surface area contributed by atoms with Crippen LogP contribution in [0.2, 0.25) is 0 Å². The van der Waals surface area contributed by atoms with Gasteiger partial charge in [0.05, 0.1) is 0 Å². The summed E-state index contributed by atoms with van der Waals surface area (Å²) in [7, 11) is 0. The third-order valence-electron chi connectivity index (χ3n) is 2.02. The summed E-state index contributed by atoms with van der Waals surface area (Å²) in [5.41, 5.74) is 0.521. The van der Waals surface area contributed by atoms with Gasteiger partial charge in [-0.1, -0.05) is 11.2 Å². The van der Waals surface area contributed by atoms with Crippen molar-refractivity contribution in [2.75, 3.05) is 5.32 Å². The number of anilines is 1. The molecule has 0 aliphatic carbocycles. The minimum atomic E-state index is -3.05. The molecule has 0 atom stereocenters. The van der Waals surface area contributed by atoms with Crippen LogP contribution in [-0.4, -0.2) is 16.8 Å². The molecule has 96 valence electrons. The molecular weight excluding hydrogens is 251 g/mol. The Labute approximate surface area is 99.6 Å². The number of alkyl halides is 2. The molecule has 0 radical (unpaired) electrons. The van der Waals surface area contributed by atoms with Gasteiger partial charge in [-0.05, 0) is 17.7 Å². The zero-order valence-electron chi connectivity index (χ0n) is 8.94. The quantitative estimate of drug-likeness (QED) is 0.893. The Hall–Kier alpha value is -2.25. The van der Waals surface area contributed by atoms with Crippen LogP contribution >= 0.6 is 0 Å². The highest BCUT2D eigenvalue weighted by Crippen LogP contribution is 2.20. The molecule has 5 nitrogen and oxygen atoms in total. The molecule has 0 saturated carbocycles. The lowest BCUT2D eigenvalue weighted by molar-refractivity contribution is -0.0522. The van der Waals surface area contributed by atoms with E-state index in [2.05, 4.69) is 20.3 Å². The van der Waals surface area contributed by atoms with Crippen molar-refractivity contribution < 1.29 is 22.3 Å². The first-order valence-electron chi connectivity index (χ1n) is 4.88. The van der Waals surface area contributed by atoms with Crippen molar-refractivity contribution in [2.45, 2.75) is 13.2 Å². The van der Waals surface area contributed by atoms with E-state index in [9.17, 15) is 13.2 Å². The Balaban J connectivity index is 2.00. The molecule has 18 heavy (non-hydrogen) atoms. The highest BCUT2D eigenvalue weighted by Gasteiger charge is 2.10. The van der Waals surface area contributed by atoms with E-state index in [1.165, 1.54) is 6.07 Å². The second kappa shape index (κ2) is 5.39. The number of rotatable bonds is 5. The van der Waals surface area contributed by atoms with Crippen LogP contribution in [0.25, 0.3) is 0 Å². The topological polar surface area (TPSA) is 60.2 Å². The van der Waals surface area contributed by atoms with Crippen LogP contribution in [0.5, 0.6) is 5.75 Å². The van der Waals surface area contributed by atoms with Crippen molar-refractivity contribution in [1.29, 1.82) is 0 Å². The SMILES string of the molecule is Fc1cc(CNc2nnco2)ccc1OC(F)F. The molecular formula is C10H8F3N3O2. The lowest BCUT2D eigenvalue weighted by Gasteiger charge is -2.07. The molecule has 8 heteroatoms. The van der Waals surface area contributed by atoms with Gasteiger partial charge in [-0.15, -0.1) is 5.10 Å². The first-order valence-corrected chi connectivity index (χ1v) is 4.88. The van der Waals surface area contributed by atoms with Gasteiger partial charge in [0.1, 0.15) is 0 Å². The Kier molecular flexibility index (Phi) is 3.66. The van der Waals surface area contributed by atoms with Crippen LogP contribution in [0.15, 0.2) is 29.0 Å². The molecule has 1 heterocycles. The second-order valence-corrected chi connectivity index (χ2v) is 3.24. The van der Waals surface area contributed by atoms with Gasteiger partial charge in [0, 0.05) is 6.54 Å². The molecule has 0 saturated heterocycles. The minimum absolute atomic E-state index is 0.184. The van der Waals surface area contributed by atoms with Crippen molar-refractivity contribution in [3.05, 3.63) is 36.0 Å². The standard InChI is InChI=1S/C10H8F3N3O2/c11-7-3-6(1-2-8(7)18-9(12)13)4-14-10-16-15-5-17-10/h1-3,5,9H,4H2,(H,14,16). The molecule has 0 bridgehead atoms. The maximum Gasteiger partial charge on any atom is 0.387 e. The molecule has 0 amide bonds. The van der Waals surface area contributed by atoms with Crippen LogP contribution in [0, 0.1) is 5.82 Å². The van der Waals surface area contributed by atoms with Gasteiger partial charge in [0.2, 0.25) is 6.39 Å². The van der Waals surface area contributed by atoms with E-state index in [1.54, 1.807) is 0 Å². The molecule has 0 spiro atoms. The van der Waals surface area contributed by atoms with Crippen LogP contribution < -0.4 is 10.1 Å². The fourth-order valence-corrected chi connectivity index (χ4v) is 1.27. The van der Waals surface area contributed by atoms with Crippen LogP contribution in [-0.2, 0) is 6.54 Å². The number of nitrogens with one attached hydrogen (secondary N) is 1. The van der Waals surface area contributed by atoms with Crippen LogP contribution in [0.1, 0.15) is 5.56 Å². The summed E-state index contributed by atoms with van der Waals surface area (Å²) < 4.78 is 45.9. The van der Waals surface area contributed by atoms with E-state index >= 15 is 0 Å². The average Bonchev–Trinajstić information content (AvgIpc) is 2.82. The zero-order chi connectivity index (χ0) is 13.0. The third-order valence-corrected chi connectivity index (χ3v) is 2.02. The summed E-state index contributed by atoms with van der Waals surface area (Å²) in [5.74, 6) is -1.35. The monoisotopic (exact) mass is 259 g/mol. The molecule has 0 unspecified atom stereocenters. The van der Waals surface area contributed by atoms with Crippen LogP contribution in [0.4, 0.5) is 19.2 Å². The number of nitrogens with zero attached hydrogens (tertiary/aromatic N) is 2. The fraction of sp³-hybridized carbons (Fsp3) is 0.200. The first-order chi connectivity index (χ1) is 8.65. The van der Waals surface area contributed by atoms with Crippen molar-refractivity contribution in [1.82, 2.24) is 10.2 Å². The van der Waals surface area contributed by atoms with E-state index < -0.39 is 18.2 Å². The smallest absolute Gasteiger partial charge is 0.387 e. The molecule has 0 aliphatic rings. The molecule has 0 aliphatic heterocycles. The number of hydrogen-bond acceptors (Lipinski definition) is 5. The minimum Gasteiger partial charge on any atom is -0.432 e. The van der Waals surface area contributed by atoms with E-state index in [1.807, 2.05) is 0 Å². The number of halogens is 3. The largest absolute Gasteiger partial charge is 0.432 e. The van der Waals surface area contributed by atoms with E-state index in [0.717, 1.165) is 18.5 Å². The summed E-state index contributed by atoms with van der Waals surface area (Å²) in [5, 5.41) is 9.74. The van der Waals surface area contributed by atoms with Gasteiger partial charge < -0.3 is 14.5 Å². The van der Waals surface area contributed by atoms with Crippen molar-refractivity contribution >= 4 is 6.01 Å². The van der Waals surface area contributed by atoms with E-state index in [4.69, 9.17) is 4.42 Å². The molecule has 1 aromatic heterocycles. The van der Waals surface area contributed by atoms with Crippen molar-refractivity contribution in [2.24, 2.45) is 0 Å². The Bertz CT molecular complexity index is 505. The maximum atomic E-state index is 13.3. The molecule has 1 N–H and O–H groups in total. The zero-order valence-corrected chi connectivity index (χ0v) is 8.94. The van der Waals surface area contributed by atoms with E-state index in [0.29, 0.717) is 5.56 Å². The highest BCUT2D eigenvalue weighted by molar-refractivity contribution is 5.31. The predicted octanol–water partition coefficient (Wildman–Crippen LogP) is 2.42.